The number of hydrogen-bond donors (Lipinski definition) is 3. The molecule has 0 aliphatic carbocycles. The number of rotatable bonds is 3. The van der Waals surface area contributed by atoms with Gasteiger partial charge in [0.05, 0.1) is 11.1 Å². The van der Waals surface area contributed by atoms with Crippen LogP contribution >= 0.6 is 0 Å². The predicted molar refractivity (Wildman–Crippen MR) is 57.2 cm³/mol. The highest BCUT2D eigenvalue weighted by Crippen LogP contribution is 2.17. The Morgan fingerprint density at radius 3 is 2.94 bits per heavy atom. The molecule has 0 radical (unpaired) electrons. The second-order valence-electron chi connectivity index (χ2n) is 2.81. The van der Waals surface area contributed by atoms with Crippen molar-refractivity contribution in [1.29, 1.82) is 0 Å². The van der Waals surface area contributed by atoms with Crippen LogP contribution in [0.25, 0.3) is 0 Å². The van der Waals surface area contributed by atoms with Gasteiger partial charge in [0.15, 0.2) is 0 Å². The SMILES string of the molecule is NC(=N/N=C/c1ccc(F)c([N+](=O)[O-])c1)NO. The summed E-state index contributed by atoms with van der Waals surface area (Å²) in [5.41, 5.74) is 6.19. The third-order valence-corrected chi connectivity index (χ3v) is 1.65. The minimum Gasteiger partial charge on any atom is -0.367 e. The molecule has 17 heavy (non-hydrogen) atoms. The molecular formula is C8H8FN5O3. The molecule has 0 unspecified atom stereocenters. The third kappa shape index (κ3) is 3.50. The second-order valence-corrected chi connectivity index (χ2v) is 2.81. The molecule has 8 nitrogen and oxygen atoms in total. The van der Waals surface area contributed by atoms with E-state index in [1.807, 2.05) is 0 Å². The number of halogens is 1. The summed E-state index contributed by atoms with van der Waals surface area (Å²) in [6, 6.07) is 3.22. The molecule has 0 bridgehead atoms. The topological polar surface area (TPSA) is 126 Å². The maximum Gasteiger partial charge on any atom is 0.305 e. The smallest absolute Gasteiger partial charge is 0.305 e. The molecule has 0 saturated carbocycles. The van der Waals surface area contributed by atoms with Crippen LogP contribution < -0.4 is 11.2 Å². The summed E-state index contributed by atoms with van der Waals surface area (Å²) in [7, 11) is 0. The fourth-order valence-corrected chi connectivity index (χ4v) is 0.930. The van der Waals surface area contributed by atoms with Crippen molar-refractivity contribution in [2.45, 2.75) is 0 Å². The number of guanidine groups is 1. The Kier molecular flexibility index (Phi) is 4.06. The largest absolute Gasteiger partial charge is 0.367 e. The zero-order chi connectivity index (χ0) is 12.8. The number of benzene rings is 1. The van der Waals surface area contributed by atoms with Crippen LogP contribution in [0.1, 0.15) is 5.56 Å². The molecule has 1 aromatic rings. The van der Waals surface area contributed by atoms with E-state index in [0.29, 0.717) is 0 Å². The van der Waals surface area contributed by atoms with Gasteiger partial charge in [-0.1, -0.05) is 0 Å². The Morgan fingerprint density at radius 1 is 1.65 bits per heavy atom. The molecule has 0 aliphatic rings. The van der Waals surface area contributed by atoms with Crippen molar-refractivity contribution in [2.24, 2.45) is 15.9 Å². The van der Waals surface area contributed by atoms with E-state index in [1.54, 1.807) is 0 Å². The third-order valence-electron chi connectivity index (χ3n) is 1.65. The highest BCUT2D eigenvalue weighted by atomic mass is 19.1. The van der Waals surface area contributed by atoms with E-state index >= 15 is 0 Å². The van der Waals surface area contributed by atoms with Gasteiger partial charge < -0.3 is 5.73 Å². The maximum absolute atomic E-state index is 12.9. The monoisotopic (exact) mass is 241 g/mol. The second kappa shape index (κ2) is 5.51. The molecule has 0 aliphatic heterocycles. The Bertz CT molecular complexity index is 488. The van der Waals surface area contributed by atoms with Gasteiger partial charge in [0, 0.05) is 11.6 Å². The Labute approximate surface area is 94.4 Å². The van der Waals surface area contributed by atoms with Crippen LogP contribution in [0.2, 0.25) is 0 Å². The molecule has 0 heterocycles. The van der Waals surface area contributed by atoms with E-state index in [0.717, 1.165) is 18.3 Å². The van der Waals surface area contributed by atoms with Gasteiger partial charge in [0.1, 0.15) is 0 Å². The molecule has 0 amide bonds. The Balaban J connectivity index is 2.94. The van der Waals surface area contributed by atoms with E-state index in [2.05, 4.69) is 10.2 Å². The standard InChI is InChI=1S/C8H8FN5O3/c9-6-2-1-5(3-7(6)14(16)17)4-11-12-8(10)13-15/h1-4,15H,(H3,10,12,13)/b11-4+. The van der Waals surface area contributed by atoms with Crippen LogP contribution in [0.3, 0.4) is 0 Å². The van der Waals surface area contributed by atoms with Crippen LogP contribution in [0.4, 0.5) is 10.1 Å². The lowest BCUT2D eigenvalue weighted by atomic mass is 10.2. The highest BCUT2D eigenvalue weighted by Gasteiger charge is 2.13. The van der Waals surface area contributed by atoms with E-state index in [1.165, 1.54) is 11.5 Å². The van der Waals surface area contributed by atoms with Gasteiger partial charge >= 0.3 is 5.69 Å². The average Bonchev–Trinajstić information content (AvgIpc) is 2.30. The Hall–Kier alpha value is -2.55. The zero-order valence-corrected chi connectivity index (χ0v) is 8.37. The molecule has 9 heteroatoms. The quantitative estimate of drug-likeness (QED) is 0.305. The van der Waals surface area contributed by atoms with Crippen LogP contribution in [-0.4, -0.2) is 22.3 Å². The number of nitrogens with one attached hydrogen (secondary N) is 1. The summed E-state index contributed by atoms with van der Waals surface area (Å²) in [5, 5.41) is 25.4. The van der Waals surface area contributed by atoms with E-state index in [9.17, 15) is 14.5 Å². The fraction of sp³-hybridized carbons (Fsp3) is 0. The van der Waals surface area contributed by atoms with Crippen molar-refractivity contribution < 1.29 is 14.5 Å². The van der Waals surface area contributed by atoms with Crippen LogP contribution in [0, 0.1) is 15.9 Å². The molecule has 1 aromatic carbocycles. The first-order valence-corrected chi connectivity index (χ1v) is 4.25. The van der Waals surface area contributed by atoms with Crippen molar-refractivity contribution >= 4 is 17.9 Å². The zero-order valence-electron chi connectivity index (χ0n) is 8.37. The number of nitrogens with zero attached hydrogens (tertiary/aromatic N) is 3. The summed E-state index contributed by atoms with van der Waals surface area (Å²) in [6.45, 7) is 0. The van der Waals surface area contributed by atoms with Crippen molar-refractivity contribution in [3.8, 4) is 0 Å². The van der Waals surface area contributed by atoms with E-state index in [-0.39, 0.29) is 11.5 Å². The molecular weight excluding hydrogens is 233 g/mol. The summed E-state index contributed by atoms with van der Waals surface area (Å²) in [6.07, 6.45) is 1.12. The summed E-state index contributed by atoms with van der Waals surface area (Å²) in [4.78, 5) is 9.59. The average molecular weight is 241 g/mol. The lowest BCUT2D eigenvalue weighted by molar-refractivity contribution is -0.387. The number of nitrogens with two attached hydrogens (primary N) is 1. The van der Waals surface area contributed by atoms with E-state index < -0.39 is 16.4 Å². The highest BCUT2D eigenvalue weighted by molar-refractivity contribution is 5.82. The fourth-order valence-electron chi connectivity index (χ4n) is 0.930. The van der Waals surface area contributed by atoms with Gasteiger partial charge in [-0.25, -0.2) is 5.48 Å². The van der Waals surface area contributed by atoms with Crippen LogP contribution in [-0.2, 0) is 0 Å². The molecule has 0 spiro atoms. The van der Waals surface area contributed by atoms with Crippen molar-refractivity contribution in [2.75, 3.05) is 0 Å². The van der Waals surface area contributed by atoms with Gasteiger partial charge in [0.25, 0.3) is 0 Å². The van der Waals surface area contributed by atoms with Gasteiger partial charge in [-0.15, -0.1) is 5.10 Å². The Morgan fingerprint density at radius 2 is 2.35 bits per heavy atom. The molecule has 1 rings (SSSR count). The summed E-state index contributed by atoms with van der Waals surface area (Å²) in [5.74, 6) is -1.29. The molecule has 0 saturated heterocycles. The minimum atomic E-state index is -0.938. The van der Waals surface area contributed by atoms with Gasteiger partial charge in [0.2, 0.25) is 11.8 Å². The summed E-state index contributed by atoms with van der Waals surface area (Å²) < 4.78 is 12.9. The van der Waals surface area contributed by atoms with Gasteiger partial charge in [-0.2, -0.15) is 9.49 Å². The number of nitro benzene ring substituents is 1. The minimum absolute atomic E-state index is 0.271. The molecule has 4 N–H and O–H groups in total. The van der Waals surface area contributed by atoms with Crippen LogP contribution in [0.15, 0.2) is 28.4 Å². The predicted octanol–water partition coefficient (Wildman–Crippen LogP) is 0.361. The maximum atomic E-state index is 12.9. The van der Waals surface area contributed by atoms with Crippen molar-refractivity contribution in [3.05, 3.63) is 39.7 Å². The molecule has 0 atom stereocenters. The number of hydroxylamine groups is 1. The van der Waals surface area contributed by atoms with Crippen molar-refractivity contribution in [3.63, 3.8) is 0 Å². The molecule has 0 aromatic heterocycles. The number of hydrogen-bond acceptors (Lipinski definition) is 5. The first-order chi connectivity index (χ1) is 8.04. The molecule has 90 valence electrons. The first-order valence-electron chi connectivity index (χ1n) is 4.25. The van der Waals surface area contributed by atoms with Crippen LogP contribution in [0.5, 0.6) is 0 Å². The normalized spacial score (nSPS) is 11.8. The first kappa shape index (κ1) is 12.5. The van der Waals surface area contributed by atoms with Gasteiger partial charge in [-0.3, -0.25) is 15.3 Å². The summed E-state index contributed by atoms with van der Waals surface area (Å²) >= 11 is 0. The lowest BCUT2D eigenvalue weighted by Gasteiger charge is -1.95. The lowest BCUT2D eigenvalue weighted by Crippen LogP contribution is -2.27. The number of nitro groups is 1. The van der Waals surface area contributed by atoms with E-state index in [4.69, 9.17) is 10.9 Å². The van der Waals surface area contributed by atoms with Crippen molar-refractivity contribution in [1.82, 2.24) is 5.48 Å². The van der Waals surface area contributed by atoms with Gasteiger partial charge in [-0.05, 0) is 12.1 Å². The molecule has 0 fully saturated rings.